The van der Waals surface area contributed by atoms with Crippen molar-refractivity contribution < 1.29 is 14.6 Å². The second kappa shape index (κ2) is 12.0. The van der Waals surface area contributed by atoms with Gasteiger partial charge in [0.1, 0.15) is 30.0 Å². The van der Waals surface area contributed by atoms with E-state index in [9.17, 15) is 14.7 Å². The van der Waals surface area contributed by atoms with Crippen LogP contribution in [0.25, 0.3) is 0 Å². The molecule has 0 unspecified atom stereocenters. The van der Waals surface area contributed by atoms with E-state index < -0.39 is 6.10 Å². The molecule has 0 bridgehead atoms. The molecular weight excluding hydrogens is 388 g/mol. The summed E-state index contributed by atoms with van der Waals surface area (Å²) in [5.74, 6) is 1.93. The van der Waals surface area contributed by atoms with Crippen molar-refractivity contribution in [3.05, 3.63) is 51.2 Å². The van der Waals surface area contributed by atoms with Crippen LogP contribution in [0.5, 0.6) is 11.5 Å². The lowest BCUT2D eigenvalue weighted by molar-refractivity contribution is 0.107. The van der Waals surface area contributed by atoms with E-state index in [-0.39, 0.29) is 17.9 Å². The predicted octanol–water partition coefficient (Wildman–Crippen LogP) is 0.704. The number of rotatable bonds is 13. The topological polar surface area (TPSA) is 107 Å². The molecule has 0 radical (unpaired) electrons. The second-order valence-electron chi connectivity index (χ2n) is 7.04. The number of anilines is 1. The molecule has 30 heavy (non-hydrogen) atoms. The van der Waals surface area contributed by atoms with Crippen LogP contribution in [0.3, 0.4) is 0 Å². The van der Waals surface area contributed by atoms with Gasteiger partial charge in [-0.05, 0) is 30.7 Å². The van der Waals surface area contributed by atoms with Gasteiger partial charge in [0.15, 0.2) is 0 Å². The number of unbranched alkanes of at least 4 members (excludes halogenated alkanes) is 1. The summed E-state index contributed by atoms with van der Waals surface area (Å²) in [5.41, 5.74) is -0.743. The summed E-state index contributed by atoms with van der Waals surface area (Å²) in [6, 6.07) is 8.72. The zero-order chi connectivity index (χ0) is 21.9. The standard InChI is InChI=1S/C21H32N4O5/c1-4-5-12-29-17-6-8-18(9-7-17)30-15-16(26)14-22-10-11-23-19-13-20(27)25(3)21(28)24(19)2/h6-9,13,16,22-23,26H,4-5,10-12,14-15H2,1-3H3/t16-/m1/s1. The summed E-state index contributed by atoms with van der Waals surface area (Å²) in [6.07, 6.45) is 1.45. The molecule has 9 heteroatoms. The van der Waals surface area contributed by atoms with Gasteiger partial charge in [0, 0.05) is 39.8 Å². The molecule has 1 aromatic heterocycles. The smallest absolute Gasteiger partial charge is 0.332 e. The van der Waals surface area contributed by atoms with Gasteiger partial charge in [-0.25, -0.2) is 4.79 Å². The lowest BCUT2D eigenvalue weighted by Crippen LogP contribution is -2.38. The Kier molecular flexibility index (Phi) is 9.43. The molecule has 1 aromatic carbocycles. The van der Waals surface area contributed by atoms with E-state index in [1.807, 2.05) is 24.3 Å². The number of ether oxygens (including phenoxy) is 2. The first-order valence-corrected chi connectivity index (χ1v) is 10.2. The molecule has 0 aliphatic rings. The number of aliphatic hydroxyl groups is 1. The van der Waals surface area contributed by atoms with E-state index in [1.165, 1.54) is 17.7 Å². The minimum absolute atomic E-state index is 0.166. The van der Waals surface area contributed by atoms with Crippen LogP contribution in [0.4, 0.5) is 5.82 Å². The lowest BCUT2D eigenvalue weighted by Gasteiger charge is -2.15. The van der Waals surface area contributed by atoms with Crippen molar-refractivity contribution in [1.82, 2.24) is 14.5 Å². The Balaban J connectivity index is 1.64. The second-order valence-corrected chi connectivity index (χ2v) is 7.04. The van der Waals surface area contributed by atoms with Gasteiger partial charge in [-0.2, -0.15) is 0 Å². The first-order chi connectivity index (χ1) is 14.4. The molecule has 9 nitrogen and oxygen atoms in total. The zero-order valence-electron chi connectivity index (χ0n) is 17.9. The maximum atomic E-state index is 11.9. The number of hydrogen-bond donors (Lipinski definition) is 3. The summed E-state index contributed by atoms with van der Waals surface area (Å²) in [5, 5.41) is 16.2. The van der Waals surface area contributed by atoms with E-state index in [4.69, 9.17) is 9.47 Å². The van der Waals surface area contributed by atoms with Gasteiger partial charge >= 0.3 is 5.69 Å². The van der Waals surface area contributed by atoms with Crippen molar-refractivity contribution in [2.45, 2.75) is 25.9 Å². The number of benzene rings is 1. The van der Waals surface area contributed by atoms with Crippen molar-refractivity contribution in [3.63, 3.8) is 0 Å². The zero-order valence-corrected chi connectivity index (χ0v) is 17.9. The molecule has 2 rings (SSSR count). The monoisotopic (exact) mass is 420 g/mol. The Labute approximate surface area is 176 Å². The summed E-state index contributed by atoms with van der Waals surface area (Å²) >= 11 is 0. The summed E-state index contributed by atoms with van der Waals surface area (Å²) in [4.78, 5) is 23.6. The molecule has 0 amide bonds. The van der Waals surface area contributed by atoms with E-state index >= 15 is 0 Å². The van der Waals surface area contributed by atoms with Crippen LogP contribution in [0, 0.1) is 0 Å². The normalized spacial score (nSPS) is 11.9. The van der Waals surface area contributed by atoms with Gasteiger partial charge < -0.3 is 25.2 Å². The van der Waals surface area contributed by atoms with Crippen LogP contribution >= 0.6 is 0 Å². The van der Waals surface area contributed by atoms with E-state index in [0.717, 1.165) is 23.2 Å². The molecule has 1 atom stereocenters. The van der Waals surface area contributed by atoms with E-state index in [2.05, 4.69) is 17.6 Å². The van der Waals surface area contributed by atoms with E-state index in [0.29, 0.717) is 37.8 Å². The average molecular weight is 421 g/mol. The SMILES string of the molecule is CCCCOc1ccc(OC[C@H](O)CNCCNc2cc(=O)n(C)c(=O)n2C)cc1. The summed E-state index contributed by atoms with van der Waals surface area (Å²) in [7, 11) is 3.04. The summed E-state index contributed by atoms with van der Waals surface area (Å²) in [6.45, 7) is 4.38. The highest BCUT2D eigenvalue weighted by molar-refractivity contribution is 5.33. The molecule has 0 saturated heterocycles. The molecule has 3 N–H and O–H groups in total. The molecular formula is C21H32N4O5. The van der Waals surface area contributed by atoms with Crippen LogP contribution in [0.15, 0.2) is 39.9 Å². The highest BCUT2D eigenvalue weighted by atomic mass is 16.5. The Hall–Kier alpha value is -2.78. The van der Waals surface area contributed by atoms with E-state index in [1.54, 1.807) is 7.05 Å². The van der Waals surface area contributed by atoms with Gasteiger partial charge in [0.05, 0.1) is 6.61 Å². The Morgan fingerprint density at radius 3 is 2.37 bits per heavy atom. The third-order valence-electron chi connectivity index (χ3n) is 4.55. The fourth-order valence-corrected chi connectivity index (χ4v) is 2.67. The minimum Gasteiger partial charge on any atom is -0.494 e. The van der Waals surface area contributed by atoms with Crippen molar-refractivity contribution in [1.29, 1.82) is 0 Å². The number of aromatic nitrogens is 2. The number of aliphatic hydroxyl groups excluding tert-OH is 1. The highest BCUT2D eigenvalue weighted by Crippen LogP contribution is 2.18. The molecule has 0 fully saturated rings. The van der Waals surface area contributed by atoms with Gasteiger partial charge in [0.25, 0.3) is 5.56 Å². The maximum absolute atomic E-state index is 11.9. The van der Waals surface area contributed by atoms with Crippen LogP contribution in [-0.2, 0) is 14.1 Å². The third-order valence-corrected chi connectivity index (χ3v) is 4.55. The number of hydrogen-bond acceptors (Lipinski definition) is 7. The number of nitrogens with one attached hydrogen (secondary N) is 2. The van der Waals surface area contributed by atoms with Gasteiger partial charge in [-0.15, -0.1) is 0 Å². The van der Waals surface area contributed by atoms with Gasteiger partial charge in [-0.3, -0.25) is 13.9 Å². The molecule has 2 aromatic rings. The first kappa shape index (κ1) is 23.5. The predicted molar refractivity (Wildman–Crippen MR) is 117 cm³/mol. The van der Waals surface area contributed by atoms with Crippen molar-refractivity contribution >= 4 is 5.82 Å². The molecule has 0 spiro atoms. The Bertz CT molecular complexity index is 892. The van der Waals surface area contributed by atoms with Crippen LogP contribution < -0.4 is 31.4 Å². The lowest BCUT2D eigenvalue weighted by atomic mass is 10.3. The highest BCUT2D eigenvalue weighted by Gasteiger charge is 2.07. The molecule has 0 aliphatic carbocycles. The molecule has 0 aliphatic heterocycles. The molecule has 0 saturated carbocycles. The Morgan fingerprint density at radius 1 is 1.03 bits per heavy atom. The maximum Gasteiger partial charge on any atom is 0.332 e. The van der Waals surface area contributed by atoms with Crippen molar-refractivity contribution in [2.75, 3.05) is 38.2 Å². The first-order valence-electron chi connectivity index (χ1n) is 10.2. The van der Waals surface area contributed by atoms with Crippen LogP contribution in [-0.4, -0.2) is 53.2 Å². The largest absolute Gasteiger partial charge is 0.494 e. The van der Waals surface area contributed by atoms with Crippen molar-refractivity contribution in [2.24, 2.45) is 14.1 Å². The van der Waals surface area contributed by atoms with Crippen molar-refractivity contribution in [3.8, 4) is 11.5 Å². The van der Waals surface area contributed by atoms with Crippen LogP contribution in [0.1, 0.15) is 19.8 Å². The minimum atomic E-state index is -0.668. The fourth-order valence-electron chi connectivity index (χ4n) is 2.67. The van der Waals surface area contributed by atoms with Crippen LogP contribution in [0.2, 0.25) is 0 Å². The number of nitrogens with zero attached hydrogens (tertiary/aromatic N) is 2. The average Bonchev–Trinajstić information content (AvgIpc) is 2.75. The molecule has 166 valence electrons. The summed E-state index contributed by atoms with van der Waals surface area (Å²) < 4.78 is 13.6. The van der Waals surface area contributed by atoms with Gasteiger partial charge in [0.2, 0.25) is 0 Å². The Morgan fingerprint density at radius 2 is 1.70 bits per heavy atom. The quantitative estimate of drug-likeness (QED) is 0.410. The molecule has 1 heterocycles. The fraction of sp³-hybridized carbons (Fsp3) is 0.524. The van der Waals surface area contributed by atoms with Gasteiger partial charge in [-0.1, -0.05) is 13.3 Å². The third kappa shape index (κ3) is 7.23.